The van der Waals surface area contributed by atoms with E-state index in [1.807, 2.05) is 20.8 Å². The second-order valence-electron chi connectivity index (χ2n) is 6.19. The summed E-state index contributed by atoms with van der Waals surface area (Å²) < 4.78 is 0. The van der Waals surface area contributed by atoms with Crippen LogP contribution in [0, 0.1) is 11.3 Å². The molecule has 98 valence electrons. The molecule has 1 aliphatic rings. The lowest BCUT2D eigenvalue weighted by Gasteiger charge is -2.25. The molecule has 0 aromatic carbocycles. The SMILES string of the molecule is CC(C)(C)C(=O)CC1CCc2n[nH]c(=O)cc2C1. The first kappa shape index (κ1) is 13.0. The summed E-state index contributed by atoms with van der Waals surface area (Å²) in [6.45, 7) is 5.87. The van der Waals surface area contributed by atoms with Gasteiger partial charge in [0.25, 0.3) is 5.56 Å². The van der Waals surface area contributed by atoms with Crippen LogP contribution < -0.4 is 5.56 Å². The van der Waals surface area contributed by atoms with Crippen molar-refractivity contribution >= 4 is 5.78 Å². The molecule has 0 saturated carbocycles. The van der Waals surface area contributed by atoms with E-state index in [2.05, 4.69) is 10.2 Å². The van der Waals surface area contributed by atoms with E-state index in [1.165, 1.54) is 0 Å². The highest BCUT2D eigenvalue weighted by atomic mass is 16.1. The Morgan fingerprint density at radius 2 is 2.22 bits per heavy atom. The Hall–Kier alpha value is -1.45. The summed E-state index contributed by atoms with van der Waals surface area (Å²) in [6.07, 6.45) is 3.24. The molecule has 18 heavy (non-hydrogen) atoms. The first-order valence-electron chi connectivity index (χ1n) is 6.47. The standard InChI is InChI=1S/C14H20N2O2/c1-14(2,3)12(17)7-9-4-5-11-10(6-9)8-13(18)16-15-11/h8-9H,4-7H2,1-3H3,(H,16,18). The molecule has 1 atom stereocenters. The summed E-state index contributed by atoms with van der Waals surface area (Å²) in [4.78, 5) is 23.3. The molecule has 1 N–H and O–H groups in total. The van der Waals surface area contributed by atoms with E-state index in [-0.39, 0.29) is 11.0 Å². The van der Waals surface area contributed by atoms with E-state index >= 15 is 0 Å². The van der Waals surface area contributed by atoms with Crippen LogP contribution >= 0.6 is 0 Å². The van der Waals surface area contributed by atoms with Crippen LogP contribution in [-0.2, 0) is 17.6 Å². The first-order chi connectivity index (χ1) is 8.36. The minimum absolute atomic E-state index is 0.156. The van der Waals surface area contributed by atoms with Crippen LogP contribution in [0.25, 0.3) is 0 Å². The lowest BCUT2D eigenvalue weighted by molar-refractivity contribution is -0.127. The van der Waals surface area contributed by atoms with Crippen molar-refractivity contribution in [3.63, 3.8) is 0 Å². The molecule has 1 aromatic heterocycles. The Bertz CT molecular complexity index is 511. The molecule has 0 radical (unpaired) electrons. The summed E-state index contributed by atoms with van der Waals surface area (Å²) in [5.41, 5.74) is 1.56. The number of carbonyl (C=O) groups excluding carboxylic acids is 1. The maximum absolute atomic E-state index is 12.0. The maximum Gasteiger partial charge on any atom is 0.264 e. The van der Waals surface area contributed by atoms with Crippen LogP contribution in [0.1, 0.15) is 44.9 Å². The summed E-state index contributed by atoms with van der Waals surface area (Å²) in [5.74, 6) is 0.654. The molecule has 0 spiro atoms. The predicted octanol–water partition coefficient (Wildman–Crippen LogP) is 1.88. The zero-order valence-electron chi connectivity index (χ0n) is 11.2. The minimum Gasteiger partial charge on any atom is -0.299 e. The van der Waals surface area contributed by atoms with Gasteiger partial charge in [-0.05, 0) is 30.7 Å². The van der Waals surface area contributed by atoms with E-state index in [1.54, 1.807) is 6.07 Å². The van der Waals surface area contributed by atoms with Gasteiger partial charge in [-0.25, -0.2) is 5.10 Å². The summed E-state index contributed by atoms with van der Waals surface area (Å²) in [7, 11) is 0. The van der Waals surface area contributed by atoms with E-state index in [9.17, 15) is 9.59 Å². The molecule has 1 aromatic rings. The number of carbonyl (C=O) groups is 1. The van der Waals surface area contributed by atoms with Crippen molar-refractivity contribution in [3.8, 4) is 0 Å². The molecule has 4 nitrogen and oxygen atoms in total. The van der Waals surface area contributed by atoms with Gasteiger partial charge in [0, 0.05) is 17.9 Å². The number of nitrogens with one attached hydrogen (secondary N) is 1. The van der Waals surface area contributed by atoms with Crippen LogP contribution in [0.4, 0.5) is 0 Å². The van der Waals surface area contributed by atoms with Crippen molar-refractivity contribution < 1.29 is 4.79 Å². The number of fused-ring (bicyclic) bond motifs is 1. The summed E-state index contributed by atoms with van der Waals surface area (Å²) in [5, 5.41) is 6.53. The van der Waals surface area contributed by atoms with Crippen LogP contribution in [0.2, 0.25) is 0 Å². The third-order valence-corrected chi connectivity index (χ3v) is 3.59. The monoisotopic (exact) mass is 248 g/mol. The predicted molar refractivity (Wildman–Crippen MR) is 69.5 cm³/mol. The third-order valence-electron chi connectivity index (χ3n) is 3.59. The van der Waals surface area contributed by atoms with Gasteiger partial charge < -0.3 is 0 Å². The van der Waals surface area contributed by atoms with Crippen LogP contribution in [0.3, 0.4) is 0 Å². The first-order valence-corrected chi connectivity index (χ1v) is 6.47. The summed E-state index contributed by atoms with van der Waals surface area (Å²) in [6, 6.07) is 1.62. The molecular weight excluding hydrogens is 228 g/mol. The number of rotatable bonds is 2. The average molecular weight is 248 g/mol. The zero-order chi connectivity index (χ0) is 13.3. The number of hydrogen-bond acceptors (Lipinski definition) is 3. The quantitative estimate of drug-likeness (QED) is 0.869. The topological polar surface area (TPSA) is 62.8 Å². The number of hydrogen-bond donors (Lipinski definition) is 1. The number of Topliss-reactive ketones (excluding diaryl/α,β-unsaturated/α-hetero) is 1. The van der Waals surface area contributed by atoms with Crippen molar-refractivity contribution in [1.29, 1.82) is 0 Å². The van der Waals surface area contributed by atoms with Crippen molar-refractivity contribution in [2.24, 2.45) is 11.3 Å². The number of nitrogens with zero attached hydrogens (tertiary/aromatic N) is 1. The molecule has 4 heteroatoms. The molecule has 0 fully saturated rings. The Labute approximate surface area is 107 Å². The minimum atomic E-state index is -0.271. The average Bonchev–Trinajstić information content (AvgIpc) is 2.27. The fraction of sp³-hybridized carbons (Fsp3) is 0.643. The molecular formula is C14H20N2O2. The van der Waals surface area contributed by atoms with Gasteiger partial charge in [0.2, 0.25) is 0 Å². The molecule has 0 saturated heterocycles. The van der Waals surface area contributed by atoms with Gasteiger partial charge in [0.05, 0.1) is 5.69 Å². The number of aromatic nitrogens is 2. The van der Waals surface area contributed by atoms with E-state index in [4.69, 9.17) is 0 Å². The zero-order valence-corrected chi connectivity index (χ0v) is 11.2. The molecule has 1 unspecified atom stereocenters. The van der Waals surface area contributed by atoms with Crippen molar-refractivity contribution in [2.45, 2.75) is 46.5 Å². The van der Waals surface area contributed by atoms with Crippen LogP contribution in [0.5, 0.6) is 0 Å². The molecule has 1 heterocycles. The van der Waals surface area contributed by atoms with Gasteiger partial charge in [0.15, 0.2) is 0 Å². The van der Waals surface area contributed by atoms with Gasteiger partial charge in [-0.2, -0.15) is 5.10 Å². The van der Waals surface area contributed by atoms with E-state index in [0.29, 0.717) is 18.1 Å². The van der Waals surface area contributed by atoms with E-state index < -0.39 is 0 Å². The van der Waals surface area contributed by atoms with Gasteiger partial charge in [-0.3, -0.25) is 9.59 Å². The molecule has 1 aliphatic carbocycles. The number of ketones is 1. The molecule has 2 rings (SSSR count). The Kier molecular flexibility index (Phi) is 3.37. The summed E-state index contributed by atoms with van der Waals surface area (Å²) >= 11 is 0. The number of aromatic amines is 1. The Balaban J connectivity index is 2.08. The fourth-order valence-corrected chi connectivity index (χ4v) is 2.36. The van der Waals surface area contributed by atoms with Crippen molar-refractivity contribution in [3.05, 3.63) is 27.7 Å². The fourth-order valence-electron chi connectivity index (χ4n) is 2.36. The second-order valence-corrected chi connectivity index (χ2v) is 6.19. The van der Waals surface area contributed by atoms with Gasteiger partial charge in [0.1, 0.15) is 5.78 Å². The largest absolute Gasteiger partial charge is 0.299 e. The highest BCUT2D eigenvalue weighted by molar-refractivity contribution is 5.83. The smallest absolute Gasteiger partial charge is 0.264 e. The van der Waals surface area contributed by atoms with Crippen LogP contribution in [0.15, 0.2) is 10.9 Å². The van der Waals surface area contributed by atoms with Gasteiger partial charge in [-0.15, -0.1) is 0 Å². The molecule has 0 aliphatic heterocycles. The highest BCUT2D eigenvalue weighted by Crippen LogP contribution is 2.28. The van der Waals surface area contributed by atoms with Gasteiger partial charge in [-0.1, -0.05) is 20.8 Å². The Morgan fingerprint density at radius 1 is 1.50 bits per heavy atom. The second kappa shape index (κ2) is 4.67. The van der Waals surface area contributed by atoms with E-state index in [0.717, 1.165) is 30.5 Å². The number of aryl methyl sites for hydroxylation is 1. The van der Waals surface area contributed by atoms with Crippen LogP contribution in [-0.4, -0.2) is 16.0 Å². The lowest BCUT2D eigenvalue weighted by atomic mass is 9.79. The lowest BCUT2D eigenvalue weighted by Crippen LogP contribution is -2.27. The third kappa shape index (κ3) is 2.86. The highest BCUT2D eigenvalue weighted by Gasteiger charge is 2.27. The van der Waals surface area contributed by atoms with Crippen molar-refractivity contribution in [1.82, 2.24) is 10.2 Å². The number of H-pyrrole nitrogens is 1. The maximum atomic E-state index is 12.0. The normalized spacial score (nSPS) is 19.4. The Morgan fingerprint density at radius 3 is 2.89 bits per heavy atom. The van der Waals surface area contributed by atoms with Crippen molar-refractivity contribution in [2.75, 3.05) is 0 Å². The molecule has 0 amide bonds. The van der Waals surface area contributed by atoms with Gasteiger partial charge >= 0.3 is 0 Å². The molecule has 0 bridgehead atoms.